The number of hydrogen-bond donors (Lipinski definition) is 0. The Bertz CT molecular complexity index is 1570. The van der Waals surface area contributed by atoms with Gasteiger partial charge in [0, 0.05) is 0 Å². The number of halogens is 2. The van der Waals surface area contributed by atoms with E-state index in [-0.39, 0.29) is 53.6 Å². The van der Waals surface area contributed by atoms with E-state index in [0.717, 1.165) is 6.16 Å². The molecule has 0 aromatic heterocycles. The summed E-state index contributed by atoms with van der Waals surface area (Å²) in [6, 6.07) is 69.0. The Kier molecular flexibility index (Phi) is 12.9. The van der Waals surface area contributed by atoms with Crippen molar-refractivity contribution in [2.24, 2.45) is 0 Å². The van der Waals surface area contributed by atoms with Crippen LogP contribution in [0.4, 0.5) is 0 Å². The molecule has 6 aromatic rings. The van der Waals surface area contributed by atoms with E-state index in [1.54, 1.807) is 0 Å². The van der Waals surface area contributed by atoms with Crippen molar-refractivity contribution in [3.05, 3.63) is 182 Å². The van der Waals surface area contributed by atoms with Crippen LogP contribution < -0.4 is 79.8 Å². The van der Waals surface area contributed by atoms with Crippen molar-refractivity contribution in [2.75, 3.05) is 6.16 Å². The lowest BCUT2D eigenvalue weighted by molar-refractivity contribution is -0.00100. The number of nitrogens with zero attached hydrogens (tertiary/aromatic N) is 1. The van der Waals surface area contributed by atoms with E-state index in [9.17, 15) is 5.26 Å². The third kappa shape index (κ3) is 6.96. The van der Waals surface area contributed by atoms with Crippen molar-refractivity contribution in [1.29, 1.82) is 5.26 Å². The highest BCUT2D eigenvalue weighted by atomic mass is 127. The summed E-state index contributed by atoms with van der Waals surface area (Å²) < 4.78 is 0. The van der Waals surface area contributed by atoms with Crippen LogP contribution in [0.3, 0.4) is 0 Å². The van der Waals surface area contributed by atoms with Gasteiger partial charge in [-0.15, -0.1) is 0 Å². The molecule has 0 radical (unpaired) electrons. The average molecular weight is 845 g/mol. The second-order valence-corrected chi connectivity index (χ2v) is 18.0. The number of rotatable bonds is 10. The lowest BCUT2D eigenvalue weighted by atomic mass is 10.3. The zero-order valence-electron chi connectivity index (χ0n) is 24.9. The monoisotopic (exact) mass is 845 g/mol. The van der Waals surface area contributed by atoms with E-state index in [1.165, 1.54) is 31.8 Å². The Balaban J connectivity index is 0.00000230. The fourth-order valence-corrected chi connectivity index (χ4v) is 17.1. The number of benzene rings is 6. The molecule has 0 fully saturated rings. The minimum atomic E-state index is -2.33. The normalized spacial score (nSPS) is 11.7. The van der Waals surface area contributed by atoms with Crippen LogP contribution in [-0.2, 0) is 0 Å². The second-order valence-electron chi connectivity index (χ2n) is 10.7. The quantitative estimate of drug-likeness (QED) is 0.151. The van der Waals surface area contributed by atoms with Gasteiger partial charge >= 0.3 is 0 Å². The molecular formula is C40H35I2NP2. The fraction of sp³-hybridized carbons (Fsp3) is 0.0750. The maximum atomic E-state index is 10.6. The van der Waals surface area contributed by atoms with Crippen molar-refractivity contribution >= 4 is 46.4 Å². The minimum Gasteiger partial charge on any atom is -1.00 e. The van der Waals surface area contributed by atoms with Crippen LogP contribution in [0.25, 0.3) is 0 Å². The SMILES string of the molecule is N#CCC(C[P+](c1ccccc1)(c1ccccc1)c1ccccc1)[P+](c1ccccc1)(c1ccccc1)c1ccccc1.[I-].[I-]. The first-order chi connectivity index (χ1) is 21.3. The Labute approximate surface area is 303 Å². The Morgan fingerprint density at radius 3 is 0.889 bits per heavy atom. The van der Waals surface area contributed by atoms with Crippen LogP contribution in [0.5, 0.6) is 0 Å². The van der Waals surface area contributed by atoms with Gasteiger partial charge in [-0.25, -0.2) is 0 Å². The molecule has 0 aliphatic heterocycles. The molecule has 5 heteroatoms. The fourth-order valence-electron chi connectivity index (χ4n) is 6.63. The summed E-state index contributed by atoms with van der Waals surface area (Å²) in [7, 11) is -4.55. The molecule has 0 heterocycles. The van der Waals surface area contributed by atoms with E-state index in [4.69, 9.17) is 0 Å². The Morgan fingerprint density at radius 2 is 0.644 bits per heavy atom. The zero-order valence-corrected chi connectivity index (χ0v) is 31.0. The standard InChI is InChI=1S/C40H35NP2.2HI/c41-32-31-40(43(37-25-13-4-14-26-37,38-27-15-5-16-28-38)39-29-17-6-18-30-39)33-42(34-19-7-1-8-20-34,35-21-9-2-10-22-35)36-23-11-3-12-24-36;;/h1-30,40H,31,33H2;2*1H/q+2;;/p-2. The molecule has 0 N–H and O–H groups in total. The molecular weight excluding hydrogens is 810 g/mol. The highest BCUT2D eigenvalue weighted by Crippen LogP contribution is 2.67. The maximum absolute atomic E-state index is 10.6. The van der Waals surface area contributed by atoms with Gasteiger partial charge in [0.2, 0.25) is 0 Å². The lowest BCUT2D eigenvalue weighted by Gasteiger charge is -2.37. The topological polar surface area (TPSA) is 23.8 Å². The van der Waals surface area contributed by atoms with Crippen LogP contribution >= 0.6 is 14.5 Å². The van der Waals surface area contributed by atoms with Crippen molar-refractivity contribution < 1.29 is 48.0 Å². The van der Waals surface area contributed by atoms with Crippen molar-refractivity contribution in [3.63, 3.8) is 0 Å². The molecule has 0 spiro atoms. The van der Waals surface area contributed by atoms with Crippen LogP contribution in [0.2, 0.25) is 0 Å². The summed E-state index contributed by atoms with van der Waals surface area (Å²) >= 11 is 0. The van der Waals surface area contributed by atoms with E-state index in [0.29, 0.717) is 6.42 Å². The van der Waals surface area contributed by atoms with Gasteiger partial charge in [0.1, 0.15) is 58.2 Å². The molecule has 1 atom stereocenters. The van der Waals surface area contributed by atoms with Crippen molar-refractivity contribution in [3.8, 4) is 6.07 Å². The smallest absolute Gasteiger partial charge is 0.131 e. The molecule has 0 aliphatic rings. The van der Waals surface area contributed by atoms with Gasteiger partial charge in [0.05, 0.1) is 12.5 Å². The second kappa shape index (κ2) is 16.6. The summed E-state index contributed by atoms with van der Waals surface area (Å²) in [5, 5.41) is 18.6. The van der Waals surface area contributed by atoms with Crippen LogP contribution in [0.1, 0.15) is 6.42 Å². The summed E-state index contributed by atoms with van der Waals surface area (Å²) in [5.74, 6) is 0. The molecule has 0 amide bonds. The molecule has 1 unspecified atom stereocenters. The number of nitriles is 1. The summed E-state index contributed by atoms with van der Waals surface area (Å²) in [4.78, 5) is 0. The minimum absolute atomic E-state index is 0. The van der Waals surface area contributed by atoms with Gasteiger partial charge in [0.15, 0.2) is 0 Å². The maximum Gasteiger partial charge on any atom is 0.131 e. The van der Waals surface area contributed by atoms with Gasteiger partial charge in [-0.3, -0.25) is 0 Å². The first kappa shape index (κ1) is 35.0. The van der Waals surface area contributed by atoms with E-state index in [2.05, 4.69) is 188 Å². The highest BCUT2D eigenvalue weighted by Gasteiger charge is 2.59. The molecule has 0 saturated carbocycles. The first-order valence-electron chi connectivity index (χ1n) is 14.8. The van der Waals surface area contributed by atoms with Gasteiger partial charge in [0.25, 0.3) is 0 Å². The van der Waals surface area contributed by atoms with E-state index >= 15 is 0 Å². The van der Waals surface area contributed by atoms with Crippen molar-refractivity contribution in [2.45, 2.75) is 12.1 Å². The predicted molar refractivity (Wildman–Crippen MR) is 189 cm³/mol. The summed E-state index contributed by atoms with van der Waals surface area (Å²) in [6.45, 7) is 0. The van der Waals surface area contributed by atoms with Gasteiger partial charge in [-0.2, -0.15) is 5.26 Å². The van der Waals surface area contributed by atoms with Crippen LogP contribution in [-0.4, -0.2) is 11.8 Å². The summed E-state index contributed by atoms with van der Waals surface area (Å²) in [5.41, 5.74) is 0.0682. The molecule has 0 saturated heterocycles. The van der Waals surface area contributed by atoms with Gasteiger partial charge < -0.3 is 48.0 Å². The van der Waals surface area contributed by atoms with Crippen LogP contribution in [0.15, 0.2) is 182 Å². The number of hydrogen-bond acceptors (Lipinski definition) is 1. The third-order valence-corrected chi connectivity index (χ3v) is 18.1. The van der Waals surface area contributed by atoms with Crippen LogP contribution in [0, 0.1) is 11.3 Å². The van der Waals surface area contributed by atoms with E-state index < -0.39 is 14.5 Å². The Hall–Kier alpha value is -2.87. The predicted octanol–water partition coefficient (Wildman–Crippen LogP) is 1.26. The zero-order chi connectivity index (χ0) is 29.4. The van der Waals surface area contributed by atoms with Gasteiger partial charge in [-0.05, 0) is 72.8 Å². The Morgan fingerprint density at radius 1 is 0.400 bits per heavy atom. The molecule has 0 aliphatic carbocycles. The molecule has 0 bridgehead atoms. The highest BCUT2D eigenvalue weighted by molar-refractivity contribution is 7.99. The average Bonchev–Trinajstić information content (AvgIpc) is 3.10. The largest absolute Gasteiger partial charge is 1.00 e. The van der Waals surface area contributed by atoms with E-state index in [1.807, 2.05) is 0 Å². The van der Waals surface area contributed by atoms with Gasteiger partial charge in [-0.1, -0.05) is 109 Å². The van der Waals surface area contributed by atoms with Crippen molar-refractivity contribution in [1.82, 2.24) is 0 Å². The molecule has 45 heavy (non-hydrogen) atoms. The lowest BCUT2D eigenvalue weighted by Crippen LogP contribution is -3.00. The molecule has 6 rings (SSSR count). The molecule has 1 nitrogen and oxygen atoms in total. The molecule has 224 valence electrons. The molecule has 6 aromatic carbocycles. The first-order valence-corrected chi connectivity index (χ1v) is 18.6. The third-order valence-electron chi connectivity index (χ3n) is 8.44. The summed E-state index contributed by atoms with van der Waals surface area (Å²) in [6.07, 6.45) is 1.34.